The van der Waals surface area contributed by atoms with Gasteiger partial charge in [0, 0.05) is 48.9 Å². The predicted octanol–water partition coefficient (Wildman–Crippen LogP) is -3.94. The molecule has 0 saturated carbocycles. The topological polar surface area (TPSA) is 214 Å². The van der Waals surface area contributed by atoms with Crippen LogP contribution >= 0.6 is 0 Å². The second-order valence-corrected chi connectivity index (χ2v) is 0. The van der Waals surface area contributed by atoms with Crippen LogP contribution in [0.15, 0.2) is 0 Å². The summed E-state index contributed by atoms with van der Waals surface area (Å²) in [7, 11) is 0. The van der Waals surface area contributed by atoms with Crippen molar-refractivity contribution in [1.82, 2.24) is 0 Å². The molecule has 0 aromatic heterocycles. The molecular weight excluding hydrogens is 356 g/mol. The molecule has 0 aliphatic rings. The van der Waals surface area contributed by atoms with Crippen molar-refractivity contribution in [2.24, 2.45) is 0 Å². The second-order valence-electron chi connectivity index (χ2n) is 0. The Hall–Kier alpha value is 1.36. The Morgan fingerprint density at radius 3 is 0.333 bits per heavy atom. The summed E-state index contributed by atoms with van der Waals surface area (Å²) in [5, 5.41) is 0. The molecule has 6 radical (unpaired) electrons. The molecule has 0 heterocycles. The Morgan fingerprint density at radius 1 is 0.333 bits per heavy atom. The quantitative estimate of drug-likeness (QED) is 0.392. The molecule has 0 aliphatic heterocycles. The molecule has 0 rings (SSSR count). The van der Waals surface area contributed by atoms with E-state index < -0.39 is 0 Å². The van der Waals surface area contributed by atoms with Gasteiger partial charge in [0.2, 0.25) is 0 Å². The van der Waals surface area contributed by atoms with Gasteiger partial charge in [0.05, 0.1) is 0 Å². The molecule has 9 heavy (non-hydrogen) atoms. The maximum absolute atomic E-state index is 0. The third-order valence-corrected chi connectivity index (χ3v) is 0. The molecule has 9 heteroatoms. The van der Waals surface area contributed by atoms with Crippen LogP contribution in [0, 0.1) is 0 Å². The minimum Gasteiger partial charge on any atom is -0.870 e. The zero-order valence-electron chi connectivity index (χ0n) is 4.18. The molecule has 0 aliphatic carbocycles. The number of rotatable bonds is 0. The first-order valence-electron chi connectivity index (χ1n) is 0. The third kappa shape index (κ3) is 275. The maximum atomic E-state index is 0. The fourth-order valence-electron chi connectivity index (χ4n) is 0. The van der Waals surface area contributed by atoms with Crippen LogP contribution in [0.3, 0.4) is 0 Å². The molecule has 0 amide bonds. The molecular formula is H10O7Sb2-4. The van der Waals surface area contributed by atoms with E-state index >= 15 is 0 Å². The van der Waals surface area contributed by atoms with E-state index in [-0.39, 0.29) is 87.2 Å². The number of hydrogen-bond donors (Lipinski definition) is 0. The standard InChI is InChI=1S/7H2O.2Sb/h7*1H2;;/p-4. The van der Waals surface area contributed by atoms with Crippen LogP contribution in [0.1, 0.15) is 0 Å². The zero-order chi connectivity index (χ0) is 0. The maximum Gasteiger partial charge on any atom is 0 e. The molecule has 66 valence electrons. The van der Waals surface area contributed by atoms with E-state index in [4.69, 9.17) is 0 Å². The minimum atomic E-state index is 0. The fourth-order valence-corrected chi connectivity index (χ4v) is 0. The third-order valence-electron chi connectivity index (χ3n) is 0. The smallest absolute Gasteiger partial charge is 0 e. The van der Waals surface area contributed by atoms with Crippen LogP contribution in [0.5, 0.6) is 0 Å². The molecule has 0 spiro atoms. The zero-order valence-corrected chi connectivity index (χ0v) is 9.29. The molecule has 0 fully saturated rings. The predicted molar refractivity (Wildman–Crippen MR) is 30.1 cm³/mol. The van der Waals surface area contributed by atoms with Gasteiger partial charge >= 0.3 is 0 Å². The van der Waals surface area contributed by atoms with E-state index in [9.17, 15) is 0 Å². The average molecular weight is 366 g/mol. The van der Waals surface area contributed by atoms with Crippen molar-refractivity contribution in [2.75, 3.05) is 0 Å². The van der Waals surface area contributed by atoms with Crippen molar-refractivity contribution < 1.29 is 38.3 Å². The van der Waals surface area contributed by atoms with Crippen molar-refractivity contribution in [1.29, 1.82) is 0 Å². The molecule has 0 unspecified atom stereocenters. The van der Waals surface area contributed by atoms with Gasteiger partial charge in [0.1, 0.15) is 0 Å². The van der Waals surface area contributed by atoms with Gasteiger partial charge in [-0.05, 0) is 0 Å². The molecule has 0 bridgehead atoms. The Balaban J connectivity index is 0. The first-order valence-corrected chi connectivity index (χ1v) is 0. The van der Waals surface area contributed by atoms with Crippen LogP contribution in [0.2, 0.25) is 0 Å². The summed E-state index contributed by atoms with van der Waals surface area (Å²) in [5.74, 6) is 0. The molecule has 0 saturated heterocycles. The second kappa shape index (κ2) is 355. The van der Waals surface area contributed by atoms with Gasteiger partial charge in [0.25, 0.3) is 0 Å². The summed E-state index contributed by atoms with van der Waals surface area (Å²) < 4.78 is 0. The summed E-state index contributed by atoms with van der Waals surface area (Å²) in [6.45, 7) is 0. The van der Waals surface area contributed by atoms with Crippen LogP contribution < -0.4 is 0 Å². The largest absolute Gasteiger partial charge is 0.870 e. The molecule has 0 aromatic rings. The van der Waals surface area contributed by atoms with Crippen LogP contribution in [-0.4, -0.2) is 87.2 Å². The SMILES string of the molecule is O.O.O.[OH-].[OH-].[OH-].[OH-].[Sb].[Sb]. The van der Waals surface area contributed by atoms with Crippen LogP contribution in [-0.2, 0) is 0 Å². The summed E-state index contributed by atoms with van der Waals surface area (Å²) in [4.78, 5) is 0. The molecule has 10 N–H and O–H groups in total. The summed E-state index contributed by atoms with van der Waals surface area (Å²) in [6.07, 6.45) is 0. The van der Waals surface area contributed by atoms with Gasteiger partial charge in [-0.2, -0.15) is 0 Å². The first-order chi connectivity index (χ1) is 0. The summed E-state index contributed by atoms with van der Waals surface area (Å²) in [5.41, 5.74) is 0. The Morgan fingerprint density at radius 2 is 0.333 bits per heavy atom. The van der Waals surface area contributed by atoms with E-state index in [2.05, 4.69) is 0 Å². The summed E-state index contributed by atoms with van der Waals surface area (Å²) >= 11 is 0. The monoisotopic (exact) mass is 364 g/mol. The van der Waals surface area contributed by atoms with Gasteiger partial charge in [0.15, 0.2) is 0 Å². The molecule has 0 aromatic carbocycles. The fraction of sp³-hybridized carbons (Fsp3) is 0. The van der Waals surface area contributed by atoms with Gasteiger partial charge in [-0.1, -0.05) is 0 Å². The normalized spacial score (nSPS) is 0. The van der Waals surface area contributed by atoms with Crippen molar-refractivity contribution in [2.45, 2.75) is 0 Å². The number of hydrogen-bond acceptors (Lipinski definition) is 4. The van der Waals surface area contributed by atoms with E-state index in [1.807, 2.05) is 0 Å². The van der Waals surface area contributed by atoms with E-state index in [1.54, 1.807) is 0 Å². The minimum absolute atomic E-state index is 0. The van der Waals surface area contributed by atoms with Crippen molar-refractivity contribution >= 4 is 48.9 Å². The van der Waals surface area contributed by atoms with Crippen molar-refractivity contribution in [3.8, 4) is 0 Å². The molecule has 0 atom stereocenters. The van der Waals surface area contributed by atoms with E-state index in [0.29, 0.717) is 0 Å². The van der Waals surface area contributed by atoms with Gasteiger partial charge in [-0.15, -0.1) is 0 Å². The summed E-state index contributed by atoms with van der Waals surface area (Å²) in [6, 6.07) is 0. The van der Waals surface area contributed by atoms with E-state index in [1.165, 1.54) is 0 Å². The van der Waals surface area contributed by atoms with Crippen LogP contribution in [0.4, 0.5) is 0 Å². The van der Waals surface area contributed by atoms with Crippen molar-refractivity contribution in [3.63, 3.8) is 0 Å². The Labute approximate surface area is 86.9 Å². The Kier molecular flexibility index (Phi) is 19400. The Bertz CT molecular complexity index is 6.88. The first kappa shape index (κ1) is 493. The van der Waals surface area contributed by atoms with E-state index in [0.717, 1.165) is 0 Å². The van der Waals surface area contributed by atoms with Crippen molar-refractivity contribution in [3.05, 3.63) is 0 Å². The van der Waals surface area contributed by atoms with Gasteiger partial charge < -0.3 is 38.3 Å². The van der Waals surface area contributed by atoms with Gasteiger partial charge in [-0.25, -0.2) is 0 Å². The molecule has 7 nitrogen and oxygen atoms in total. The average Bonchev–Trinajstić information content (AvgIpc) is 0. The van der Waals surface area contributed by atoms with Crippen LogP contribution in [0.25, 0.3) is 0 Å². The van der Waals surface area contributed by atoms with Gasteiger partial charge in [-0.3, -0.25) is 0 Å².